The molecule has 2 unspecified atom stereocenters. The minimum absolute atomic E-state index is 0.168. The van der Waals surface area contributed by atoms with Crippen LogP contribution in [-0.2, 0) is 9.84 Å². The number of rotatable bonds is 5. The average molecular weight is 329 g/mol. The molecule has 0 amide bonds. The maximum absolute atomic E-state index is 12.3. The Morgan fingerprint density at radius 2 is 2.00 bits per heavy atom. The number of thioether (sulfide) groups is 1. The zero-order valence-electron chi connectivity index (χ0n) is 12.5. The molecule has 1 heterocycles. The Labute approximate surface area is 131 Å². The second-order valence-electron chi connectivity index (χ2n) is 5.19. The van der Waals surface area contributed by atoms with Gasteiger partial charge in [-0.3, -0.25) is 0 Å². The van der Waals surface area contributed by atoms with Crippen molar-refractivity contribution in [2.45, 2.75) is 31.7 Å². The number of hydrogen-bond donors (Lipinski definition) is 1. The summed E-state index contributed by atoms with van der Waals surface area (Å²) < 4.78 is 24.5. The first kappa shape index (κ1) is 16.6. The average Bonchev–Trinajstić information content (AvgIpc) is 2.54. The lowest BCUT2D eigenvalue weighted by atomic mass is 10.1. The van der Waals surface area contributed by atoms with E-state index in [-0.39, 0.29) is 5.75 Å². The molecule has 21 heavy (non-hydrogen) atoms. The number of nitrogens with zero attached hydrogens (tertiary/aromatic N) is 1. The van der Waals surface area contributed by atoms with E-state index in [0.29, 0.717) is 12.2 Å². The standard InChI is InChI=1S/C15H23NO3S2/c1-3-14(17)12-5-7-13(8-6-12)16-9-10-20-11-15(16)21(18,19)4-2/h5-8,14-15,17H,3-4,9-11H2,1-2H3. The number of aliphatic hydroxyl groups is 1. The normalized spacial score (nSPS) is 21.3. The summed E-state index contributed by atoms with van der Waals surface area (Å²) in [5.74, 6) is 1.73. The minimum Gasteiger partial charge on any atom is -0.388 e. The van der Waals surface area contributed by atoms with Crippen molar-refractivity contribution in [2.24, 2.45) is 0 Å². The van der Waals surface area contributed by atoms with E-state index in [4.69, 9.17) is 0 Å². The number of sulfone groups is 1. The summed E-state index contributed by atoms with van der Waals surface area (Å²) in [7, 11) is -3.09. The molecule has 0 aromatic heterocycles. The van der Waals surface area contributed by atoms with Gasteiger partial charge in [-0.05, 0) is 24.1 Å². The first-order valence-electron chi connectivity index (χ1n) is 7.33. The molecule has 1 aliphatic rings. The molecule has 0 bridgehead atoms. The molecule has 118 valence electrons. The van der Waals surface area contributed by atoms with Gasteiger partial charge in [0.05, 0.1) is 6.10 Å². The van der Waals surface area contributed by atoms with E-state index >= 15 is 0 Å². The van der Waals surface area contributed by atoms with Gasteiger partial charge in [-0.1, -0.05) is 26.0 Å². The maximum Gasteiger partial charge on any atom is 0.171 e. The Bertz CT molecular complexity index is 557. The van der Waals surface area contributed by atoms with Crippen molar-refractivity contribution in [1.82, 2.24) is 0 Å². The number of benzene rings is 1. The SMILES string of the molecule is CCC(O)c1ccc(N2CCSCC2S(=O)(=O)CC)cc1. The molecule has 0 spiro atoms. The van der Waals surface area contributed by atoms with Crippen molar-refractivity contribution >= 4 is 27.3 Å². The summed E-state index contributed by atoms with van der Waals surface area (Å²) >= 11 is 1.69. The highest BCUT2D eigenvalue weighted by molar-refractivity contribution is 8.01. The van der Waals surface area contributed by atoms with Crippen LogP contribution in [0, 0.1) is 0 Å². The van der Waals surface area contributed by atoms with Crippen LogP contribution in [0.1, 0.15) is 31.9 Å². The van der Waals surface area contributed by atoms with Gasteiger partial charge in [0.25, 0.3) is 0 Å². The van der Waals surface area contributed by atoms with Crippen LogP contribution in [0.15, 0.2) is 24.3 Å². The largest absolute Gasteiger partial charge is 0.388 e. The van der Waals surface area contributed by atoms with Crippen LogP contribution in [0.2, 0.25) is 0 Å². The molecule has 1 saturated heterocycles. The van der Waals surface area contributed by atoms with Gasteiger partial charge in [0, 0.05) is 29.5 Å². The third-order valence-corrected chi connectivity index (χ3v) is 7.19. The Morgan fingerprint density at radius 1 is 1.33 bits per heavy atom. The first-order valence-corrected chi connectivity index (χ1v) is 10.2. The highest BCUT2D eigenvalue weighted by Gasteiger charge is 2.32. The summed E-state index contributed by atoms with van der Waals surface area (Å²) in [5.41, 5.74) is 1.80. The van der Waals surface area contributed by atoms with E-state index in [1.165, 1.54) is 0 Å². The molecule has 2 atom stereocenters. The summed E-state index contributed by atoms with van der Waals surface area (Å²) in [6, 6.07) is 7.62. The van der Waals surface area contributed by atoms with Crippen LogP contribution in [0.4, 0.5) is 5.69 Å². The van der Waals surface area contributed by atoms with E-state index in [1.807, 2.05) is 36.1 Å². The quantitative estimate of drug-likeness (QED) is 0.899. The van der Waals surface area contributed by atoms with Gasteiger partial charge in [0.15, 0.2) is 9.84 Å². The highest BCUT2D eigenvalue weighted by Crippen LogP contribution is 2.28. The lowest BCUT2D eigenvalue weighted by Gasteiger charge is -2.36. The van der Waals surface area contributed by atoms with Crippen LogP contribution < -0.4 is 4.90 Å². The number of anilines is 1. The molecule has 6 heteroatoms. The summed E-state index contributed by atoms with van der Waals surface area (Å²) in [4.78, 5) is 1.98. The van der Waals surface area contributed by atoms with Gasteiger partial charge in [0.1, 0.15) is 5.37 Å². The smallest absolute Gasteiger partial charge is 0.171 e. The van der Waals surface area contributed by atoms with E-state index in [2.05, 4.69) is 0 Å². The molecular formula is C15H23NO3S2. The Morgan fingerprint density at radius 3 is 2.57 bits per heavy atom. The molecule has 0 saturated carbocycles. The Hall–Kier alpha value is -0.720. The molecule has 1 N–H and O–H groups in total. The van der Waals surface area contributed by atoms with Gasteiger partial charge in [-0.25, -0.2) is 8.42 Å². The molecule has 1 aliphatic heterocycles. The monoisotopic (exact) mass is 329 g/mol. The van der Waals surface area contributed by atoms with Crippen LogP contribution in [-0.4, -0.2) is 42.7 Å². The summed E-state index contributed by atoms with van der Waals surface area (Å²) in [6.45, 7) is 4.38. The predicted octanol–water partition coefficient (Wildman–Crippen LogP) is 2.44. The highest BCUT2D eigenvalue weighted by atomic mass is 32.2. The molecule has 1 aromatic rings. The van der Waals surface area contributed by atoms with Crippen LogP contribution >= 0.6 is 11.8 Å². The molecule has 2 rings (SSSR count). The Balaban J connectivity index is 2.26. The number of aliphatic hydroxyl groups excluding tert-OH is 1. The minimum atomic E-state index is -3.09. The van der Waals surface area contributed by atoms with E-state index in [1.54, 1.807) is 18.7 Å². The van der Waals surface area contributed by atoms with Gasteiger partial charge in [-0.2, -0.15) is 11.8 Å². The van der Waals surface area contributed by atoms with Crippen molar-refractivity contribution in [3.05, 3.63) is 29.8 Å². The zero-order valence-corrected chi connectivity index (χ0v) is 14.2. The lowest BCUT2D eigenvalue weighted by Crippen LogP contribution is -2.48. The predicted molar refractivity (Wildman–Crippen MR) is 89.6 cm³/mol. The second-order valence-corrected chi connectivity index (χ2v) is 8.79. The Kier molecular flexibility index (Phi) is 5.57. The van der Waals surface area contributed by atoms with E-state index < -0.39 is 21.3 Å². The van der Waals surface area contributed by atoms with Gasteiger partial charge in [0.2, 0.25) is 0 Å². The third kappa shape index (κ3) is 3.73. The fraction of sp³-hybridized carbons (Fsp3) is 0.600. The fourth-order valence-electron chi connectivity index (χ4n) is 2.49. The van der Waals surface area contributed by atoms with Crippen LogP contribution in [0.5, 0.6) is 0 Å². The van der Waals surface area contributed by atoms with Gasteiger partial charge in [-0.15, -0.1) is 0 Å². The van der Waals surface area contributed by atoms with Gasteiger partial charge < -0.3 is 10.0 Å². The van der Waals surface area contributed by atoms with Crippen molar-refractivity contribution in [2.75, 3.05) is 28.7 Å². The first-order chi connectivity index (χ1) is 9.99. The van der Waals surface area contributed by atoms with Crippen molar-refractivity contribution in [3.8, 4) is 0 Å². The van der Waals surface area contributed by atoms with Crippen molar-refractivity contribution < 1.29 is 13.5 Å². The topological polar surface area (TPSA) is 57.6 Å². The molecule has 4 nitrogen and oxygen atoms in total. The summed E-state index contributed by atoms with van der Waals surface area (Å²) in [5, 5.41) is 9.40. The van der Waals surface area contributed by atoms with Crippen LogP contribution in [0.25, 0.3) is 0 Å². The molecule has 1 fully saturated rings. The van der Waals surface area contributed by atoms with E-state index in [9.17, 15) is 13.5 Å². The number of hydrogen-bond acceptors (Lipinski definition) is 5. The maximum atomic E-state index is 12.3. The molecule has 0 radical (unpaired) electrons. The third-order valence-electron chi connectivity index (χ3n) is 3.90. The van der Waals surface area contributed by atoms with Crippen molar-refractivity contribution in [1.29, 1.82) is 0 Å². The molecule has 0 aliphatic carbocycles. The van der Waals surface area contributed by atoms with Gasteiger partial charge >= 0.3 is 0 Å². The lowest BCUT2D eigenvalue weighted by molar-refractivity contribution is 0.173. The summed E-state index contributed by atoms with van der Waals surface area (Å²) in [6.07, 6.45) is 0.220. The second kappa shape index (κ2) is 7.03. The molecule has 1 aromatic carbocycles. The molecular weight excluding hydrogens is 306 g/mol. The van der Waals surface area contributed by atoms with E-state index in [0.717, 1.165) is 23.5 Å². The fourth-order valence-corrected chi connectivity index (χ4v) is 5.48. The van der Waals surface area contributed by atoms with Crippen molar-refractivity contribution in [3.63, 3.8) is 0 Å². The van der Waals surface area contributed by atoms with Crippen LogP contribution in [0.3, 0.4) is 0 Å². The zero-order chi connectivity index (χ0) is 15.5.